The molecule has 1 atom stereocenters. The predicted molar refractivity (Wildman–Crippen MR) is 120 cm³/mol. The summed E-state index contributed by atoms with van der Waals surface area (Å²) in [5, 5.41) is 0. The number of aromatic nitrogens is 2. The number of halogens is 3. The number of allylic oxidation sites excluding steroid dienone is 3. The molecule has 0 radical (unpaired) electrons. The van der Waals surface area contributed by atoms with Gasteiger partial charge >= 0.3 is 6.18 Å². The van der Waals surface area contributed by atoms with Crippen LogP contribution in [-0.2, 0) is 17.9 Å². The fourth-order valence-electron chi connectivity index (χ4n) is 4.64. The second kappa shape index (κ2) is 7.76. The van der Waals surface area contributed by atoms with Gasteiger partial charge in [-0.05, 0) is 48.7 Å². The number of carbonyl (C=O) groups excluding carboxylic acids is 1. The molecule has 33 heavy (non-hydrogen) atoms. The maximum Gasteiger partial charge on any atom is 0.398 e. The Kier molecular flexibility index (Phi) is 5.00. The summed E-state index contributed by atoms with van der Waals surface area (Å²) in [4.78, 5) is 19.7. The molecule has 0 N–H and O–H groups in total. The second-order valence-corrected chi connectivity index (χ2v) is 8.63. The van der Waals surface area contributed by atoms with Gasteiger partial charge in [0.25, 0.3) is 5.91 Å². The van der Waals surface area contributed by atoms with Gasteiger partial charge in [0, 0.05) is 23.7 Å². The van der Waals surface area contributed by atoms with E-state index in [1.807, 2.05) is 22.9 Å². The van der Waals surface area contributed by atoms with Crippen LogP contribution in [0.4, 0.5) is 18.9 Å². The van der Waals surface area contributed by atoms with E-state index in [9.17, 15) is 18.0 Å². The van der Waals surface area contributed by atoms with Crippen LogP contribution in [-0.4, -0.2) is 21.6 Å². The van der Waals surface area contributed by atoms with Gasteiger partial charge in [0.05, 0.1) is 29.9 Å². The van der Waals surface area contributed by atoms with Crippen LogP contribution in [0.3, 0.4) is 0 Å². The molecule has 2 aromatic heterocycles. The summed E-state index contributed by atoms with van der Waals surface area (Å²) in [6.45, 7) is 1.94. The molecule has 5 rings (SSSR count). The zero-order chi connectivity index (χ0) is 23.2. The van der Waals surface area contributed by atoms with Gasteiger partial charge in [-0.3, -0.25) is 9.78 Å². The summed E-state index contributed by atoms with van der Waals surface area (Å²) in [5.41, 5.74) is 0.843. The van der Waals surface area contributed by atoms with E-state index in [2.05, 4.69) is 4.98 Å². The number of carbonyl (C=O) groups is 1. The number of alkyl halides is 3. The van der Waals surface area contributed by atoms with Crippen molar-refractivity contribution in [2.75, 3.05) is 4.90 Å². The molecule has 1 aliphatic heterocycles. The fourth-order valence-corrected chi connectivity index (χ4v) is 4.64. The molecular formula is C26H22F3N3O. The molecule has 0 saturated carbocycles. The molecule has 0 spiro atoms. The molecule has 2 aliphatic rings. The van der Waals surface area contributed by atoms with Crippen molar-refractivity contribution in [1.29, 1.82) is 0 Å². The third-order valence-corrected chi connectivity index (χ3v) is 6.54. The van der Waals surface area contributed by atoms with Gasteiger partial charge in [-0.25, -0.2) is 0 Å². The molecule has 3 aromatic rings. The van der Waals surface area contributed by atoms with E-state index in [-0.39, 0.29) is 17.7 Å². The van der Waals surface area contributed by atoms with E-state index in [4.69, 9.17) is 0 Å². The summed E-state index contributed by atoms with van der Waals surface area (Å²) < 4.78 is 45.2. The fraction of sp³-hybridized carbons (Fsp3) is 0.231. The Labute approximate surface area is 189 Å². The van der Waals surface area contributed by atoms with Gasteiger partial charge in [-0.2, -0.15) is 13.2 Å². The SMILES string of the molecule is CC1(C(F)(F)F)CC(C(=O)N2Cc3cccn3Cc3ncccc32)=CC=C1c1ccccc1. The highest BCUT2D eigenvalue weighted by Crippen LogP contribution is 2.53. The molecule has 3 heterocycles. The largest absolute Gasteiger partial charge is 0.398 e. The smallest absolute Gasteiger partial charge is 0.344 e. The zero-order valence-corrected chi connectivity index (χ0v) is 18.0. The summed E-state index contributed by atoms with van der Waals surface area (Å²) in [5.74, 6) is -0.433. The topological polar surface area (TPSA) is 38.1 Å². The van der Waals surface area contributed by atoms with Gasteiger partial charge in [0.1, 0.15) is 0 Å². The first kappa shape index (κ1) is 21.2. The van der Waals surface area contributed by atoms with Gasteiger partial charge in [0.15, 0.2) is 0 Å². The first-order valence-electron chi connectivity index (χ1n) is 10.7. The van der Waals surface area contributed by atoms with Crippen LogP contribution in [0.1, 0.15) is 30.3 Å². The van der Waals surface area contributed by atoms with Crippen LogP contribution in [0.15, 0.2) is 84.7 Å². The van der Waals surface area contributed by atoms with Crippen molar-refractivity contribution in [3.63, 3.8) is 0 Å². The quantitative estimate of drug-likeness (QED) is 0.499. The van der Waals surface area contributed by atoms with Crippen molar-refractivity contribution in [3.05, 3.63) is 102 Å². The van der Waals surface area contributed by atoms with E-state index in [0.717, 1.165) is 5.69 Å². The summed E-state index contributed by atoms with van der Waals surface area (Å²) in [6.07, 6.45) is 1.61. The first-order valence-corrected chi connectivity index (χ1v) is 10.7. The number of nitrogens with zero attached hydrogens (tertiary/aromatic N) is 3. The Hall–Kier alpha value is -3.61. The van der Waals surface area contributed by atoms with E-state index < -0.39 is 23.9 Å². The minimum Gasteiger partial charge on any atom is -0.344 e. The average Bonchev–Trinajstić information content (AvgIpc) is 3.17. The zero-order valence-electron chi connectivity index (χ0n) is 18.0. The molecule has 0 fully saturated rings. The van der Waals surface area contributed by atoms with Crippen molar-refractivity contribution in [2.45, 2.75) is 32.6 Å². The molecule has 1 aliphatic carbocycles. The molecule has 0 bridgehead atoms. The monoisotopic (exact) mass is 449 g/mol. The highest BCUT2D eigenvalue weighted by molar-refractivity contribution is 6.07. The Morgan fingerprint density at radius 1 is 1.00 bits per heavy atom. The lowest BCUT2D eigenvalue weighted by Gasteiger charge is -2.38. The first-order chi connectivity index (χ1) is 15.8. The van der Waals surface area contributed by atoms with Crippen LogP contribution in [0.2, 0.25) is 0 Å². The highest BCUT2D eigenvalue weighted by Gasteiger charge is 2.55. The second-order valence-electron chi connectivity index (χ2n) is 8.63. The van der Waals surface area contributed by atoms with Crippen molar-refractivity contribution < 1.29 is 18.0 Å². The Morgan fingerprint density at radius 3 is 2.55 bits per heavy atom. The van der Waals surface area contributed by atoms with Gasteiger partial charge < -0.3 is 9.47 Å². The molecule has 1 unspecified atom stereocenters. The van der Waals surface area contributed by atoms with Crippen LogP contribution in [0.25, 0.3) is 5.57 Å². The lowest BCUT2D eigenvalue weighted by molar-refractivity contribution is -0.195. The van der Waals surface area contributed by atoms with Crippen LogP contribution in [0, 0.1) is 5.41 Å². The number of rotatable bonds is 2. The predicted octanol–water partition coefficient (Wildman–Crippen LogP) is 5.76. The third-order valence-electron chi connectivity index (χ3n) is 6.54. The summed E-state index contributed by atoms with van der Waals surface area (Å²) in [7, 11) is 0. The van der Waals surface area contributed by atoms with Crippen LogP contribution < -0.4 is 4.90 Å². The normalized spacial score (nSPS) is 20.3. The molecule has 168 valence electrons. The van der Waals surface area contributed by atoms with Gasteiger partial charge in [-0.15, -0.1) is 0 Å². The Morgan fingerprint density at radius 2 is 1.79 bits per heavy atom. The number of hydrogen-bond donors (Lipinski definition) is 0. The number of hydrogen-bond acceptors (Lipinski definition) is 2. The maximum atomic E-state index is 14.4. The van der Waals surface area contributed by atoms with E-state index >= 15 is 0 Å². The van der Waals surface area contributed by atoms with Crippen LogP contribution in [0.5, 0.6) is 0 Å². The van der Waals surface area contributed by atoms with Crippen molar-refractivity contribution in [1.82, 2.24) is 9.55 Å². The molecule has 0 saturated heterocycles. The van der Waals surface area contributed by atoms with E-state index in [0.29, 0.717) is 23.5 Å². The van der Waals surface area contributed by atoms with E-state index in [1.165, 1.54) is 19.1 Å². The van der Waals surface area contributed by atoms with Crippen molar-refractivity contribution in [2.24, 2.45) is 5.41 Å². The maximum absolute atomic E-state index is 14.4. The van der Waals surface area contributed by atoms with Crippen molar-refractivity contribution >= 4 is 17.2 Å². The lowest BCUT2D eigenvalue weighted by atomic mass is 9.70. The van der Waals surface area contributed by atoms with Gasteiger partial charge in [0.2, 0.25) is 0 Å². The molecule has 7 heteroatoms. The minimum absolute atomic E-state index is 0.129. The summed E-state index contributed by atoms with van der Waals surface area (Å²) in [6, 6.07) is 15.9. The molecule has 4 nitrogen and oxygen atoms in total. The number of pyridine rings is 1. The molecule has 1 aromatic carbocycles. The minimum atomic E-state index is -4.53. The lowest BCUT2D eigenvalue weighted by Crippen LogP contribution is -2.41. The number of amides is 1. The molecular weight excluding hydrogens is 427 g/mol. The number of benzene rings is 1. The number of anilines is 1. The standard InChI is InChI=1S/C26H22F3N3O/c1-25(26(27,28)29)15-19(11-12-21(25)18-7-3-2-4-8-18)24(33)32-16-20-9-6-14-31(20)17-22-23(32)10-5-13-30-22/h2-14H,15-17H2,1H3. The van der Waals surface area contributed by atoms with Gasteiger partial charge in [-0.1, -0.05) is 42.5 Å². The third kappa shape index (κ3) is 3.57. The highest BCUT2D eigenvalue weighted by atomic mass is 19.4. The van der Waals surface area contributed by atoms with E-state index in [1.54, 1.807) is 53.6 Å². The molecule has 1 amide bonds. The Balaban J connectivity index is 1.58. The van der Waals surface area contributed by atoms with Crippen LogP contribution >= 0.6 is 0 Å². The summed E-state index contributed by atoms with van der Waals surface area (Å²) >= 11 is 0. The van der Waals surface area contributed by atoms with Crippen molar-refractivity contribution in [3.8, 4) is 0 Å². The average molecular weight is 449 g/mol. The Bertz CT molecular complexity index is 1270. The number of fused-ring (bicyclic) bond motifs is 2.